The van der Waals surface area contributed by atoms with Crippen molar-refractivity contribution in [2.45, 2.75) is 18.9 Å². The van der Waals surface area contributed by atoms with Crippen LogP contribution in [0, 0.1) is 10.1 Å². The van der Waals surface area contributed by atoms with Crippen LogP contribution in [0.5, 0.6) is 0 Å². The van der Waals surface area contributed by atoms with Gasteiger partial charge in [0.25, 0.3) is 5.69 Å². The number of non-ortho nitro benzene ring substituents is 1. The molecule has 20 heavy (non-hydrogen) atoms. The summed E-state index contributed by atoms with van der Waals surface area (Å²) in [5.41, 5.74) is 0.862. The number of hydrogen-bond acceptors (Lipinski definition) is 5. The largest absolute Gasteiger partial charge is 0.366 e. The van der Waals surface area contributed by atoms with Gasteiger partial charge in [-0.1, -0.05) is 0 Å². The quantitative estimate of drug-likeness (QED) is 0.662. The first-order valence-electron chi connectivity index (χ1n) is 6.75. The van der Waals surface area contributed by atoms with Crippen LogP contribution in [0.15, 0.2) is 30.3 Å². The van der Waals surface area contributed by atoms with Gasteiger partial charge in [-0.3, -0.25) is 10.1 Å². The second kappa shape index (κ2) is 5.42. The van der Waals surface area contributed by atoms with Crippen LogP contribution < -0.4 is 10.6 Å². The molecule has 1 atom stereocenters. The first-order valence-corrected chi connectivity index (χ1v) is 6.75. The number of nitro groups is 1. The summed E-state index contributed by atoms with van der Waals surface area (Å²) < 4.78 is 0. The van der Waals surface area contributed by atoms with Crippen LogP contribution in [0.25, 0.3) is 10.9 Å². The van der Waals surface area contributed by atoms with Gasteiger partial charge in [0.1, 0.15) is 5.82 Å². The Hall–Kier alpha value is -2.21. The van der Waals surface area contributed by atoms with E-state index in [0.717, 1.165) is 42.7 Å². The zero-order valence-corrected chi connectivity index (χ0v) is 11.0. The second-order valence-electron chi connectivity index (χ2n) is 5.02. The molecule has 0 spiro atoms. The fraction of sp³-hybridized carbons (Fsp3) is 0.357. The summed E-state index contributed by atoms with van der Waals surface area (Å²) in [6.45, 7) is 2.02. The lowest BCUT2D eigenvalue weighted by Crippen LogP contribution is -2.38. The van der Waals surface area contributed by atoms with E-state index in [1.165, 1.54) is 6.07 Å². The standard InChI is InChI=1S/C14H16N4O2/c19-18(20)12-4-5-13-10(8-12)3-6-14(17-13)16-11-2-1-7-15-9-11/h3-6,8,11,15H,1-2,7,9H2,(H,16,17). The van der Waals surface area contributed by atoms with Gasteiger partial charge in [0.05, 0.1) is 10.4 Å². The number of piperidine rings is 1. The topological polar surface area (TPSA) is 80.1 Å². The summed E-state index contributed by atoms with van der Waals surface area (Å²) in [5.74, 6) is 0.819. The fourth-order valence-electron chi connectivity index (χ4n) is 2.49. The monoisotopic (exact) mass is 272 g/mol. The van der Waals surface area contributed by atoms with E-state index in [0.29, 0.717) is 6.04 Å². The van der Waals surface area contributed by atoms with Gasteiger partial charge in [-0.25, -0.2) is 4.98 Å². The van der Waals surface area contributed by atoms with E-state index in [1.807, 2.05) is 12.1 Å². The average Bonchev–Trinajstić information content (AvgIpc) is 2.47. The lowest BCUT2D eigenvalue weighted by atomic mass is 10.1. The van der Waals surface area contributed by atoms with E-state index >= 15 is 0 Å². The molecule has 0 bridgehead atoms. The number of pyridine rings is 1. The van der Waals surface area contributed by atoms with Gasteiger partial charge in [-0.05, 0) is 37.6 Å². The highest BCUT2D eigenvalue weighted by Gasteiger charge is 2.13. The SMILES string of the molecule is O=[N+]([O-])c1ccc2nc(NC3CCCNC3)ccc2c1. The third-order valence-electron chi connectivity index (χ3n) is 3.53. The molecule has 6 nitrogen and oxygen atoms in total. The van der Waals surface area contributed by atoms with Crippen molar-refractivity contribution >= 4 is 22.4 Å². The van der Waals surface area contributed by atoms with Crippen LogP contribution in [0.4, 0.5) is 11.5 Å². The molecule has 0 amide bonds. The van der Waals surface area contributed by atoms with Gasteiger partial charge in [0.15, 0.2) is 0 Å². The molecule has 3 rings (SSSR count). The zero-order valence-electron chi connectivity index (χ0n) is 11.0. The summed E-state index contributed by atoms with van der Waals surface area (Å²) in [5, 5.41) is 18.3. The normalized spacial score (nSPS) is 18.9. The number of nitro benzene ring substituents is 1. The highest BCUT2D eigenvalue weighted by atomic mass is 16.6. The number of anilines is 1. The smallest absolute Gasteiger partial charge is 0.270 e. The predicted octanol–water partition coefficient (Wildman–Crippen LogP) is 2.31. The van der Waals surface area contributed by atoms with Crippen LogP contribution in [-0.2, 0) is 0 Å². The fourth-order valence-corrected chi connectivity index (χ4v) is 2.49. The molecule has 1 fully saturated rings. The molecular weight excluding hydrogens is 256 g/mol. The van der Waals surface area contributed by atoms with Gasteiger partial charge < -0.3 is 10.6 Å². The lowest BCUT2D eigenvalue weighted by Gasteiger charge is -2.24. The number of aromatic nitrogens is 1. The molecule has 1 aromatic carbocycles. The highest BCUT2D eigenvalue weighted by molar-refractivity contribution is 5.82. The summed E-state index contributed by atoms with van der Waals surface area (Å²) >= 11 is 0. The zero-order chi connectivity index (χ0) is 13.9. The van der Waals surface area contributed by atoms with Crippen LogP contribution in [-0.4, -0.2) is 29.0 Å². The molecule has 2 N–H and O–H groups in total. The Kier molecular flexibility index (Phi) is 3.47. The Labute approximate surface area is 116 Å². The molecule has 2 heterocycles. The number of nitrogens with one attached hydrogen (secondary N) is 2. The molecular formula is C14H16N4O2. The van der Waals surface area contributed by atoms with E-state index < -0.39 is 0 Å². The van der Waals surface area contributed by atoms with Gasteiger partial charge in [0, 0.05) is 30.1 Å². The van der Waals surface area contributed by atoms with Gasteiger partial charge >= 0.3 is 0 Å². The van der Waals surface area contributed by atoms with Gasteiger partial charge in [0.2, 0.25) is 0 Å². The molecule has 1 aromatic heterocycles. The van der Waals surface area contributed by atoms with Crippen molar-refractivity contribution in [1.82, 2.24) is 10.3 Å². The van der Waals surface area contributed by atoms with Crippen molar-refractivity contribution < 1.29 is 4.92 Å². The Morgan fingerprint density at radius 2 is 2.25 bits per heavy atom. The molecule has 0 radical (unpaired) electrons. The van der Waals surface area contributed by atoms with Crippen LogP contribution in [0.2, 0.25) is 0 Å². The molecule has 0 saturated carbocycles. The summed E-state index contributed by atoms with van der Waals surface area (Å²) in [7, 11) is 0. The van der Waals surface area contributed by atoms with E-state index in [1.54, 1.807) is 12.1 Å². The molecule has 1 saturated heterocycles. The van der Waals surface area contributed by atoms with E-state index in [9.17, 15) is 10.1 Å². The number of nitrogens with zero attached hydrogens (tertiary/aromatic N) is 2. The Morgan fingerprint density at radius 3 is 3.00 bits per heavy atom. The number of fused-ring (bicyclic) bond motifs is 1. The maximum atomic E-state index is 10.7. The number of rotatable bonds is 3. The highest BCUT2D eigenvalue weighted by Crippen LogP contribution is 2.21. The first-order chi connectivity index (χ1) is 9.72. The predicted molar refractivity (Wildman–Crippen MR) is 77.9 cm³/mol. The molecule has 104 valence electrons. The van der Waals surface area contributed by atoms with Crippen molar-refractivity contribution in [2.75, 3.05) is 18.4 Å². The second-order valence-corrected chi connectivity index (χ2v) is 5.02. The van der Waals surface area contributed by atoms with E-state index in [-0.39, 0.29) is 10.6 Å². The first kappa shape index (κ1) is 12.8. The van der Waals surface area contributed by atoms with E-state index in [2.05, 4.69) is 15.6 Å². The maximum Gasteiger partial charge on any atom is 0.270 e. The third kappa shape index (κ3) is 2.70. The molecule has 1 aliphatic rings. The minimum absolute atomic E-state index is 0.0940. The molecule has 2 aromatic rings. The van der Waals surface area contributed by atoms with Crippen LogP contribution in [0.3, 0.4) is 0 Å². The average molecular weight is 272 g/mol. The van der Waals surface area contributed by atoms with Gasteiger partial charge in [-0.2, -0.15) is 0 Å². The van der Waals surface area contributed by atoms with Crippen LogP contribution >= 0.6 is 0 Å². The molecule has 1 unspecified atom stereocenters. The summed E-state index contributed by atoms with van der Waals surface area (Å²) in [6.07, 6.45) is 2.30. The van der Waals surface area contributed by atoms with Crippen molar-refractivity contribution in [3.05, 3.63) is 40.4 Å². The molecule has 1 aliphatic heterocycles. The minimum atomic E-state index is -0.390. The Bertz CT molecular complexity index is 638. The van der Waals surface area contributed by atoms with E-state index in [4.69, 9.17) is 0 Å². The minimum Gasteiger partial charge on any atom is -0.366 e. The van der Waals surface area contributed by atoms with Crippen molar-refractivity contribution in [3.63, 3.8) is 0 Å². The van der Waals surface area contributed by atoms with Crippen LogP contribution in [0.1, 0.15) is 12.8 Å². The molecule has 6 heteroatoms. The summed E-state index contributed by atoms with van der Waals surface area (Å²) in [4.78, 5) is 14.9. The third-order valence-corrected chi connectivity index (χ3v) is 3.53. The van der Waals surface area contributed by atoms with Crippen molar-refractivity contribution in [1.29, 1.82) is 0 Å². The Morgan fingerprint density at radius 1 is 1.35 bits per heavy atom. The van der Waals surface area contributed by atoms with Gasteiger partial charge in [-0.15, -0.1) is 0 Å². The van der Waals surface area contributed by atoms with Crippen molar-refractivity contribution in [3.8, 4) is 0 Å². The molecule has 0 aliphatic carbocycles. The van der Waals surface area contributed by atoms with Crippen molar-refractivity contribution in [2.24, 2.45) is 0 Å². The maximum absolute atomic E-state index is 10.7. The summed E-state index contributed by atoms with van der Waals surface area (Å²) in [6, 6.07) is 8.87. The number of hydrogen-bond donors (Lipinski definition) is 2. The number of benzene rings is 1. The lowest BCUT2D eigenvalue weighted by molar-refractivity contribution is -0.384. The Balaban J connectivity index is 1.83.